The highest BCUT2D eigenvalue weighted by atomic mass is 32.1. The molecule has 0 bridgehead atoms. The molecular weight excluding hydrogens is 430 g/mol. The van der Waals surface area contributed by atoms with Gasteiger partial charge >= 0.3 is 0 Å². The molecule has 0 N–H and O–H groups in total. The number of likely N-dealkylation sites (tertiary alicyclic amines) is 1. The first-order valence-corrected chi connectivity index (χ1v) is 11.7. The van der Waals surface area contributed by atoms with Crippen molar-refractivity contribution in [2.24, 2.45) is 0 Å². The Hall–Kier alpha value is -2.97. The Morgan fingerprint density at radius 3 is 2.74 bits per heavy atom. The zero-order valence-corrected chi connectivity index (χ0v) is 18.8. The molecule has 0 aliphatic carbocycles. The molecule has 1 atom stereocenters. The lowest BCUT2D eigenvalue weighted by molar-refractivity contribution is 0.0730. The van der Waals surface area contributed by atoms with Gasteiger partial charge in [-0.15, -0.1) is 22.7 Å². The van der Waals surface area contributed by atoms with Crippen molar-refractivity contribution in [3.8, 4) is 22.1 Å². The van der Waals surface area contributed by atoms with Gasteiger partial charge in [0.15, 0.2) is 11.5 Å². The van der Waals surface area contributed by atoms with Gasteiger partial charge in [-0.25, -0.2) is 9.97 Å². The number of amides is 1. The van der Waals surface area contributed by atoms with E-state index in [2.05, 4.69) is 11.1 Å². The van der Waals surface area contributed by atoms with Crippen LogP contribution in [0.1, 0.15) is 34.4 Å². The van der Waals surface area contributed by atoms with Crippen molar-refractivity contribution in [3.05, 3.63) is 58.5 Å². The monoisotopic (exact) mass is 451 g/mol. The smallest absolute Gasteiger partial charge is 0.273 e. The number of hydrogen-bond acceptors (Lipinski definition) is 7. The van der Waals surface area contributed by atoms with E-state index >= 15 is 0 Å². The van der Waals surface area contributed by atoms with E-state index in [1.807, 2.05) is 46.7 Å². The van der Waals surface area contributed by atoms with Gasteiger partial charge in [0.2, 0.25) is 0 Å². The van der Waals surface area contributed by atoms with Gasteiger partial charge in [-0.1, -0.05) is 12.1 Å². The van der Waals surface area contributed by atoms with Crippen molar-refractivity contribution < 1.29 is 14.3 Å². The maximum Gasteiger partial charge on any atom is 0.273 e. The van der Waals surface area contributed by atoms with Gasteiger partial charge in [-0.3, -0.25) is 4.79 Å². The molecule has 1 aliphatic rings. The van der Waals surface area contributed by atoms with Gasteiger partial charge in [0.25, 0.3) is 5.91 Å². The summed E-state index contributed by atoms with van der Waals surface area (Å²) in [7, 11) is 3.21. The van der Waals surface area contributed by atoms with Crippen LogP contribution in [0.5, 0.6) is 11.5 Å². The van der Waals surface area contributed by atoms with Crippen LogP contribution in [0.3, 0.4) is 0 Å². The molecule has 4 aromatic rings. The van der Waals surface area contributed by atoms with Gasteiger partial charge < -0.3 is 14.4 Å². The first-order chi connectivity index (χ1) is 15.2. The van der Waals surface area contributed by atoms with Crippen molar-refractivity contribution in [2.75, 3.05) is 20.8 Å². The van der Waals surface area contributed by atoms with E-state index < -0.39 is 0 Å². The first kappa shape index (κ1) is 20.0. The number of carbonyl (C=O) groups excluding carboxylic acids is 1. The SMILES string of the molecule is COc1ccc(-c2nc(C(=O)N3CCCC3c3nc4ccccc4s3)cs2)cc1OC. The lowest BCUT2D eigenvalue weighted by atomic mass is 10.2. The van der Waals surface area contributed by atoms with Gasteiger partial charge in [0.05, 0.1) is 30.5 Å². The second-order valence-corrected chi connectivity index (χ2v) is 9.20. The predicted molar refractivity (Wildman–Crippen MR) is 123 cm³/mol. The maximum atomic E-state index is 13.3. The number of thiazole rings is 2. The lowest BCUT2D eigenvalue weighted by Crippen LogP contribution is -2.30. The molecule has 6 nitrogen and oxygen atoms in total. The Kier molecular flexibility index (Phi) is 5.33. The number of benzene rings is 2. The number of carbonyl (C=O) groups is 1. The summed E-state index contributed by atoms with van der Waals surface area (Å²) in [6, 6.07) is 13.8. The molecule has 0 spiro atoms. The minimum atomic E-state index is -0.0373. The van der Waals surface area contributed by atoms with Gasteiger partial charge in [0.1, 0.15) is 15.7 Å². The van der Waals surface area contributed by atoms with Crippen LogP contribution in [0.2, 0.25) is 0 Å². The summed E-state index contributed by atoms with van der Waals surface area (Å²) in [4.78, 5) is 24.7. The van der Waals surface area contributed by atoms with E-state index in [-0.39, 0.29) is 11.9 Å². The molecule has 8 heteroatoms. The van der Waals surface area contributed by atoms with Crippen LogP contribution in [-0.4, -0.2) is 41.5 Å². The normalized spacial score (nSPS) is 16.1. The minimum Gasteiger partial charge on any atom is -0.493 e. The second kappa shape index (κ2) is 8.28. The molecule has 0 saturated carbocycles. The first-order valence-electron chi connectivity index (χ1n) is 10.0. The minimum absolute atomic E-state index is 0.0103. The van der Waals surface area contributed by atoms with Gasteiger partial charge in [-0.2, -0.15) is 0 Å². The molecule has 158 valence electrons. The Labute approximate surface area is 188 Å². The fourth-order valence-corrected chi connectivity index (χ4v) is 5.83. The average Bonchev–Trinajstić information content (AvgIpc) is 3.56. The van der Waals surface area contributed by atoms with E-state index in [0.29, 0.717) is 17.2 Å². The van der Waals surface area contributed by atoms with Crippen molar-refractivity contribution in [3.63, 3.8) is 0 Å². The zero-order chi connectivity index (χ0) is 21.4. The molecule has 31 heavy (non-hydrogen) atoms. The standard InChI is InChI=1S/C23H21N3O3S2/c1-28-18-10-9-14(12-19(18)29-2)21-25-16(13-30-21)23(27)26-11-5-7-17(26)22-24-15-6-3-4-8-20(15)31-22/h3-4,6,8-10,12-13,17H,5,7,11H2,1-2H3. The third kappa shape index (κ3) is 3.66. The Balaban J connectivity index is 1.41. The number of para-hydroxylation sites is 1. The fourth-order valence-electron chi connectivity index (χ4n) is 3.92. The number of ether oxygens (including phenoxy) is 2. The number of rotatable bonds is 5. The highest BCUT2D eigenvalue weighted by Crippen LogP contribution is 2.38. The maximum absolute atomic E-state index is 13.3. The highest BCUT2D eigenvalue weighted by Gasteiger charge is 2.33. The molecule has 1 fully saturated rings. The summed E-state index contributed by atoms with van der Waals surface area (Å²) >= 11 is 3.13. The third-order valence-corrected chi connectivity index (χ3v) is 7.49. The number of nitrogens with zero attached hydrogens (tertiary/aromatic N) is 3. The molecule has 2 aromatic heterocycles. The van der Waals surface area contributed by atoms with E-state index in [0.717, 1.165) is 45.2 Å². The van der Waals surface area contributed by atoms with Crippen LogP contribution in [0.25, 0.3) is 20.8 Å². The average molecular weight is 452 g/mol. The summed E-state index contributed by atoms with van der Waals surface area (Å²) in [6.45, 7) is 0.725. The van der Waals surface area contributed by atoms with Crippen molar-refractivity contribution >= 4 is 38.8 Å². The Morgan fingerprint density at radius 1 is 1.10 bits per heavy atom. The largest absolute Gasteiger partial charge is 0.493 e. The number of fused-ring (bicyclic) bond motifs is 1. The second-order valence-electron chi connectivity index (χ2n) is 7.28. The fraction of sp³-hybridized carbons (Fsp3) is 0.261. The topological polar surface area (TPSA) is 64.5 Å². The molecule has 3 heterocycles. The van der Waals surface area contributed by atoms with Gasteiger partial charge in [-0.05, 0) is 43.2 Å². The molecular formula is C23H21N3O3S2. The van der Waals surface area contributed by atoms with Crippen LogP contribution in [-0.2, 0) is 0 Å². The summed E-state index contributed by atoms with van der Waals surface area (Å²) in [5.41, 5.74) is 2.36. The molecule has 5 rings (SSSR count). The molecule has 1 saturated heterocycles. The summed E-state index contributed by atoms with van der Waals surface area (Å²) < 4.78 is 11.9. The summed E-state index contributed by atoms with van der Waals surface area (Å²) in [6.07, 6.45) is 1.90. The Morgan fingerprint density at radius 2 is 1.94 bits per heavy atom. The van der Waals surface area contributed by atoms with E-state index in [1.165, 1.54) is 11.3 Å². The van der Waals surface area contributed by atoms with Crippen LogP contribution in [0.4, 0.5) is 0 Å². The summed E-state index contributed by atoms with van der Waals surface area (Å²) in [5.74, 6) is 1.26. The zero-order valence-electron chi connectivity index (χ0n) is 17.2. The quantitative estimate of drug-likeness (QED) is 0.406. The van der Waals surface area contributed by atoms with Gasteiger partial charge in [0, 0.05) is 17.5 Å². The third-order valence-electron chi connectivity index (χ3n) is 5.46. The molecule has 1 amide bonds. The van der Waals surface area contributed by atoms with Crippen LogP contribution in [0, 0.1) is 0 Å². The van der Waals surface area contributed by atoms with Crippen LogP contribution < -0.4 is 9.47 Å². The van der Waals surface area contributed by atoms with E-state index in [4.69, 9.17) is 14.5 Å². The highest BCUT2D eigenvalue weighted by molar-refractivity contribution is 7.18. The molecule has 2 aromatic carbocycles. The van der Waals surface area contributed by atoms with Crippen LogP contribution in [0.15, 0.2) is 47.8 Å². The number of methoxy groups -OCH3 is 2. The molecule has 1 unspecified atom stereocenters. The summed E-state index contributed by atoms with van der Waals surface area (Å²) in [5, 5.41) is 3.62. The Bertz CT molecular complexity index is 1220. The number of aromatic nitrogens is 2. The predicted octanol–water partition coefficient (Wildman–Crippen LogP) is 5.41. The molecule has 1 aliphatic heterocycles. The molecule has 0 radical (unpaired) electrons. The van der Waals surface area contributed by atoms with Crippen molar-refractivity contribution in [1.29, 1.82) is 0 Å². The van der Waals surface area contributed by atoms with Crippen LogP contribution >= 0.6 is 22.7 Å². The van der Waals surface area contributed by atoms with Crippen molar-refractivity contribution in [1.82, 2.24) is 14.9 Å². The lowest BCUT2D eigenvalue weighted by Gasteiger charge is -2.22. The van der Waals surface area contributed by atoms with E-state index in [9.17, 15) is 4.79 Å². The van der Waals surface area contributed by atoms with Crippen molar-refractivity contribution in [2.45, 2.75) is 18.9 Å². The number of hydrogen-bond donors (Lipinski definition) is 0. The van der Waals surface area contributed by atoms with E-state index in [1.54, 1.807) is 25.6 Å².